The molecule has 1 aromatic rings. The predicted octanol–water partition coefficient (Wildman–Crippen LogP) is 2.58. The highest BCUT2D eigenvalue weighted by atomic mass is 16.2. The summed E-state index contributed by atoms with van der Waals surface area (Å²) in [6, 6.07) is 8.42. The van der Waals surface area contributed by atoms with Crippen molar-refractivity contribution >= 4 is 11.8 Å². The number of fused-ring (bicyclic) bond motifs is 2. The van der Waals surface area contributed by atoms with E-state index in [1.165, 1.54) is 19.3 Å². The van der Waals surface area contributed by atoms with Crippen molar-refractivity contribution in [3.63, 3.8) is 0 Å². The van der Waals surface area contributed by atoms with E-state index in [0.717, 1.165) is 36.9 Å². The minimum atomic E-state index is 0.104. The summed E-state index contributed by atoms with van der Waals surface area (Å²) >= 11 is 0. The second-order valence-electron chi connectivity index (χ2n) is 8.60. The number of hydrogen-bond acceptors (Lipinski definition) is 3. The van der Waals surface area contributed by atoms with Crippen molar-refractivity contribution in [2.45, 2.75) is 64.1 Å². The fourth-order valence-corrected chi connectivity index (χ4v) is 5.29. The molecule has 1 aromatic carbocycles. The zero-order valence-electron chi connectivity index (χ0n) is 16.0. The van der Waals surface area contributed by atoms with Crippen LogP contribution in [-0.2, 0) is 22.7 Å². The van der Waals surface area contributed by atoms with Gasteiger partial charge in [0.1, 0.15) is 0 Å². The van der Waals surface area contributed by atoms with Crippen molar-refractivity contribution in [1.29, 1.82) is 0 Å². The van der Waals surface area contributed by atoms with Crippen LogP contribution in [0.15, 0.2) is 24.3 Å². The van der Waals surface area contributed by atoms with Crippen molar-refractivity contribution < 1.29 is 9.59 Å². The lowest BCUT2D eigenvalue weighted by Gasteiger charge is -2.43. The molecule has 5 heteroatoms. The third-order valence-electron chi connectivity index (χ3n) is 6.89. The molecule has 2 unspecified atom stereocenters. The molecule has 27 heavy (non-hydrogen) atoms. The largest absolute Gasteiger partial charge is 0.352 e. The van der Waals surface area contributed by atoms with Crippen LogP contribution in [0.25, 0.3) is 0 Å². The Hall–Kier alpha value is -1.88. The molecular weight excluding hydrogens is 338 g/mol. The molecule has 2 bridgehead atoms. The summed E-state index contributed by atoms with van der Waals surface area (Å²) in [6.45, 7) is 2.02. The lowest BCUT2D eigenvalue weighted by Crippen LogP contribution is -2.49. The first kappa shape index (κ1) is 18.5. The number of hydrogen-bond donors (Lipinski definition) is 2. The third kappa shape index (κ3) is 4.03. The van der Waals surface area contributed by atoms with Crippen molar-refractivity contribution in [1.82, 2.24) is 10.2 Å². The van der Waals surface area contributed by atoms with Crippen molar-refractivity contribution in [3.8, 4) is 0 Å². The van der Waals surface area contributed by atoms with Gasteiger partial charge in [0.05, 0.1) is 0 Å². The van der Waals surface area contributed by atoms with Crippen LogP contribution in [0.1, 0.15) is 56.1 Å². The Kier molecular flexibility index (Phi) is 5.48. The molecule has 0 spiro atoms. The normalized spacial score (nSPS) is 30.4. The van der Waals surface area contributed by atoms with Crippen LogP contribution in [-0.4, -0.2) is 29.3 Å². The second kappa shape index (κ2) is 8.01. The highest BCUT2D eigenvalue weighted by molar-refractivity contribution is 5.79. The Balaban J connectivity index is 1.36. The van der Waals surface area contributed by atoms with Gasteiger partial charge >= 0.3 is 0 Å². The molecule has 0 radical (unpaired) electrons. The van der Waals surface area contributed by atoms with Crippen LogP contribution in [0.3, 0.4) is 0 Å². The van der Waals surface area contributed by atoms with E-state index in [1.54, 1.807) is 0 Å². The summed E-state index contributed by atoms with van der Waals surface area (Å²) < 4.78 is 0. The zero-order chi connectivity index (χ0) is 18.8. The molecule has 3 N–H and O–H groups in total. The molecule has 146 valence electrons. The van der Waals surface area contributed by atoms with Crippen LogP contribution < -0.4 is 11.1 Å². The number of benzene rings is 1. The van der Waals surface area contributed by atoms with Gasteiger partial charge in [0.15, 0.2) is 0 Å². The molecule has 2 aliphatic carbocycles. The standard InChI is InChI=1S/C22H31N3O2/c23-21-15-7-3-8-16(21)12-19(11-15)22(27)24-13-17-5-1-2-6-18(17)14-25-10-4-9-20(25)26/h1-2,5-6,15-16,19,21H,3-4,7-14,23H2,(H,24,27). The van der Waals surface area contributed by atoms with Crippen molar-refractivity contribution in [2.24, 2.45) is 23.5 Å². The maximum absolute atomic E-state index is 12.8. The number of carbonyl (C=O) groups is 2. The van der Waals surface area contributed by atoms with E-state index >= 15 is 0 Å². The Morgan fingerprint density at radius 1 is 1.11 bits per heavy atom. The smallest absolute Gasteiger partial charge is 0.223 e. The highest BCUT2D eigenvalue weighted by Crippen LogP contribution is 2.41. The third-order valence-corrected chi connectivity index (χ3v) is 6.89. The molecular formula is C22H31N3O2. The van der Waals surface area contributed by atoms with Crippen LogP contribution in [0.4, 0.5) is 0 Å². The maximum Gasteiger partial charge on any atom is 0.223 e. The van der Waals surface area contributed by atoms with Crippen LogP contribution in [0.5, 0.6) is 0 Å². The van der Waals surface area contributed by atoms with E-state index in [2.05, 4.69) is 17.4 Å². The summed E-state index contributed by atoms with van der Waals surface area (Å²) in [7, 11) is 0. The van der Waals surface area contributed by atoms with Gasteiger partial charge in [-0.2, -0.15) is 0 Å². The molecule has 1 heterocycles. The van der Waals surface area contributed by atoms with Gasteiger partial charge in [-0.1, -0.05) is 30.7 Å². The fraction of sp³-hybridized carbons (Fsp3) is 0.636. The molecule has 3 fully saturated rings. The fourth-order valence-electron chi connectivity index (χ4n) is 5.29. The van der Waals surface area contributed by atoms with Crippen LogP contribution >= 0.6 is 0 Å². The van der Waals surface area contributed by atoms with Gasteiger partial charge in [0.2, 0.25) is 11.8 Å². The first-order valence-corrected chi connectivity index (χ1v) is 10.5. The first-order valence-electron chi connectivity index (χ1n) is 10.5. The van der Waals surface area contributed by atoms with Gasteiger partial charge in [0, 0.05) is 38.0 Å². The number of carbonyl (C=O) groups excluding carboxylic acids is 2. The molecule has 0 aromatic heterocycles. The summed E-state index contributed by atoms with van der Waals surface area (Å²) in [5.74, 6) is 1.54. The number of likely N-dealkylation sites (tertiary alicyclic amines) is 1. The van der Waals surface area contributed by atoms with Gasteiger partial charge in [-0.05, 0) is 55.1 Å². The van der Waals surface area contributed by atoms with Gasteiger partial charge < -0.3 is 16.0 Å². The second-order valence-corrected chi connectivity index (χ2v) is 8.60. The summed E-state index contributed by atoms with van der Waals surface area (Å²) in [5.41, 5.74) is 8.60. The van der Waals surface area contributed by atoms with E-state index in [-0.39, 0.29) is 17.7 Å². The highest BCUT2D eigenvalue weighted by Gasteiger charge is 2.40. The number of nitrogens with one attached hydrogen (secondary N) is 1. The average molecular weight is 370 g/mol. The topological polar surface area (TPSA) is 75.4 Å². The summed E-state index contributed by atoms with van der Waals surface area (Å²) in [6.07, 6.45) is 7.10. The molecule has 5 nitrogen and oxygen atoms in total. The Labute approximate surface area is 161 Å². The van der Waals surface area contributed by atoms with E-state index in [1.807, 2.05) is 17.0 Å². The predicted molar refractivity (Wildman–Crippen MR) is 104 cm³/mol. The number of nitrogens with two attached hydrogens (primary N) is 1. The molecule has 2 atom stereocenters. The lowest BCUT2D eigenvalue weighted by atomic mass is 9.65. The van der Waals surface area contributed by atoms with Gasteiger partial charge in [-0.15, -0.1) is 0 Å². The van der Waals surface area contributed by atoms with Gasteiger partial charge in [-0.25, -0.2) is 0 Å². The Bertz CT molecular complexity index is 691. The average Bonchev–Trinajstić information content (AvgIpc) is 3.05. The monoisotopic (exact) mass is 369 g/mol. The van der Waals surface area contributed by atoms with Gasteiger partial charge in [-0.3, -0.25) is 9.59 Å². The molecule has 1 saturated heterocycles. The summed E-state index contributed by atoms with van der Waals surface area (Å²) in [5, 5.41) is 3.17. The Morgan fingerprint density at radius 2 is 1.81 bits per heavy atom. The molecule has 4 rings (SSSR count). The number of nitrogens with zero attached hydrogens (tertiary/aromatic N) is 1. The lowest BCUT2D eigenvalue weighted by molar-refractivity contribution is -0.129. The SMILES string of the molecule is NC1C2CCCC1CC(C(=O)NCc1ccccc1CN1CCCC1=O)C2. The molecule has 2 amide bonds. The number of amides is 2. The van der Waals surface area contributed by atoms with Crippen molar-refractivity contribution in [2.75, 3.05) is 6.54 Å². The first-order chi connectivity index (χ1) is 13.1. The maximum atomic E-state index is 12.8. The van der Waals surface area contributed by atoms with Crippen LogP contribution in [0.2, 0.25) is 0 Å². The van der Waals surface area contributed by atoms with Crippen molar-refractivity contribution in [3.05, 3.63) is 35.4 Å². The Morgan fingerprint density at radius 3 is 2.48 bits per heavy atom. The van der Waals surface area contributed by atoms with Crippen LogP contribution in [0, 0.1) is 17.8 Å². The summed E-state index contributed by atoms with van der Waals surface area (Å²) in [4.78, 5) is 26.7. The number of rotatable bonds is 5. The quantitative estimate of drug-likeness (QED) is 0.838. The van der Waals surface area contributed by atoms with E-state index < -0.39 is 0 Å². The minimum absolute atomic E-state index is 0.104. The molecule has 3 aliphatic rings. The van der Waals surface area contributed by atoms with E-state index in [9.17, 15) is 9.59 Å². The zero-order valence-corrected chi connectivity index (χ0v) is 16.0. The minimum Gasteiger partial charge on any atom is -0.352 e. The van der Waals surface area contributed by atoms with E-state index in [4.69, 9.17) is 5.73 Å². The van der Waals surface area contributed by atoms with E-state index in [0.29, 0.717) is 37.4 Å². The molecule has 2 saturated carbocycles. The van der Waals surface area contributed by atoms with Gasteiger partial charge in [0.25, 0.3) is 0 Å². The molecule has 1 aliphatic heterocycles.